The van der Waals surface area contributed by atoms with Crippen LogP contribution in [0.15, 0.2) is 53.4 Å². The van der Waals surface area contributed by atoms with Gasteiger partial charge in [-0.3, -0.25) is 4.90 Å². The summed E-state index contributed by atoms with van der Waals surface area (Å²) in [6.45, 7) is 4.09. The average Bonchev–Trinajstić information content (AvgIpc) is 3.19. The van der Waals surface area contributed by atoms with Gasteiger partial charge in [-0.2, -0.15) is 15.8 Å². The number of aryl methyl sites for hydroxylation is 1. The summed E-state index contributed by atoms with van der Waals surface area (Å²) < 4.78 is 0. The topological polar surface area (TPSA) is 98.5 Å². The Morgan fingerprint density at radius 1 is 1.17 bits per heavy atom. The van der Waals surface area contributed by atoms with Crippen LogP contribution in [0.1, 0.15) is 21.9 Å². The van der Waals surface area contributed by atoms with Crippen LogP contribution in [0, 0.1) is 63.6 Å². The number of hydrogen-bond acceptors (Lipinski definition) is 6. The van der Waals surface area contributed by atoms with E-state index in [-0.39, 0.29) is 11.6 Å². The smallest absolute Gasteiger partial charge is 0.190 e. The summed E-state index contributed by atoms with van der Waals surface area (Å²) in [5, 5.41) is 40.7. The number of benzene rings is 1. The summed E-state index contributed by atoms with van der Waals surface area (Å²) in [4.78, 5) is 3.26. The van der Waals surface area contributed by atoms with Crippen LogP contribution >= 0.6 is 11.3 Å². The third kappa shape index (κ3) is 3.04. The first-order valence-electron chi connectivity index (χ1n) is 9.87. The Morgan fingerprint density at radius 2 is 1.90 bits per heavy atom. The SMILES string of the molecule is Cc1ccsc1[C@H]1[C@H]2CN(Cc3ccccc3)CC=C2[C@H](C#N)C(=N)C1(C#N)C#N. The summed E-state index contributed by atoms with van der Waals surface area (Å²) in [6.07, 6.45) is 2.05. The van der Waals surface area contributed by atoms with E-state index in [0.717, 1.165) is 22.6 Å². The second-order valence-corrected chi connectivity index (χ2v) is 8.89. The van der Waals surface area contributed by atoms with Gasteiger partial charge >= 0.3 is 0 Å². The molecule has 0 unspecified atom stereocenters. The molecule has 2 heterocycles. The van der Waals surface area contributed by atoms with E-state index < -0.39 is 17.3 Å². The molecule has 1 fully saturated rings. The maximum absolute atomic E-state index is 10.1. The van der Waals surface area contributed by atoms with Crippen molar-refractivity contribution in [2.24, 2.45) is 17.3 Å². The van der Waals surface area contributed by atoms with Gasteiger partial charge in [0.25, 0.3) is 0 Å². The molecular weight excluding hydrogens is 390 g/mol. The number of thiophene rings is 1. The average molecular weight is 412 g/mol. The van der Waals surface area contributed by atoms with E-state index in [1.54, 1.807) is 0 Å². The normalized spacial score (nSPS) is 25.3. The molecule has 1 aliphatic heterocycles. The Bertz CT molecular complexity index is 1110. The molecule has 2 aliphatic rings. The summed E-state index contributed by atoms with van der Waals surface area (Å²) in [6, 6.07) is 18.7. The molecule has 3 atom stereocenters. The van der Waals surface area contributed by atoms with Gasteiger partial charge in [-0.05, 0) is 35.1 Å². The minimum Gasteiger partial charge on any atom is -0.305 e. The van der Waals surface area contributed by atoms with Crippen molar-refractivity contribution in [3.63, 3.8) is 0 Å². The highest BCUT2D eigenvalue weighted by atomic mass is 32.1. The van der Waals surface area contributed by atoms with E-state index in [1.165, 1.54) is 16.9 Å². The lowest BCUT2D eigenvalue weighted by atomic mass is 9.55. The predicted octanol–water partition coefficient (Wildman–Crippen LogP) is 4.41. The van der Waals surface area contributed by atoms with Gasteiger partial charge in [-0.25, -0.2) is 0 Å². The van der Waals surface area contributed by atoms with Crippen molar-refractivity contribution in [3.05, 3.63) is 69.4 Å². The van der Waals surface area contributed by atoms with Crippen LogP contribution < -0.4 is 0 Å². The van der Waals surface area contributed by atoms with Crippen molar-refractivity contribution >= 4 is 17.0 Å². The van der Waals surface area contributed by atoms with Crippen LogP contribution in [0.25, 0.3) is 0 Å². The van der Waals surface area contributed by atoms with Gasteiger partial charge in [0.2, 0.25) is 0 Å². The Labute approximate surface area is 180 Å². The first kappa shape index (κ1) is 20.0. The third-order valence-electron chi connectivity index (χ3n) is 6.30. The van der Waals surface area contributed by atoms with E-state index in [4.69, 9.17) is 5.41 Å². The minimum absolute atomic E-state index is 0.0770. The molecule has 0 bridgehead atoms. The Balaban J connectivity index is 1.81. The van der Waals surface area contributed by atoms with Crippen molar-refractivity contribution in [1.82, 2.24) is 4.90 Å². The van der Waals surface area contributed by atoms with E-state index in [0.29, 0.717) is 13.1 Å². The van der Waals surface area contributed by atoms with Crippen molar-refractivity contribution in [1.29, 1.82) is 21.2 Å². The highest BCUT2D eigenvalue weighted by Crippen LogP contribution is 2.55. The molecular formula is C24H21N5S. The number of fused-ring (bicyclic) bond motifs is 1. The Morgan fingerprint density at radius 3 is 2.50 bits per heavy atom. The standard InChI is InChI=1S/C24H21N5S/c1-16-8-10-30-22(16)21-20-13-29(12-17-5-3-2-4-6-17)9-7-18(20)19(11-25)23(28)24(21,14-26)15-27/h2-8,10,19-21,28H,9,12-13H2,1H3/t19-,20-,21+/m0/s1. The molecule has 1 aromatic heterocycles. The molecule has 1 N–H and O–H groups in total. The van der Waals surface area contributed by atoms with Gasteiger partial charge < -0.3 is 5.41 Å². The molecule has 0 saturated heterocycles. The Kier molecular flexibility index (Phi) is 5.27. The van der Waals surface area contributed by atoms with Crippen LogP contribution in [-0.4, -0.2) is 23.7 Å². The molecule has 0 spiro atoms. The molecule has 0 radical (unpaired) electrons. The van der Waals surface area contributed by atoms with Crippen molar-refractivity contribution in [2.45, 2.75) is 19.4 Å². The van der Waals surface area contributed by atoms with E-state index in [1.807, 2.05) is 42.6 Å². The zero-order valence-corrected chi connectivity index (χ0v) is 17.5. The van der Waals surface area contributed by atoms with E-state index >= 15 is 0 Å². The van der Waals surface area contributed by atoms with Crippen LogP contribution in [0.5, 0.6) is 0 Å². The summed E-state index contributed by atoms with van der Waals surface area (Å²) in [5.74, 6) is -1.42. The lowest BCUT2D eigenvalue weighted by molar-refractivity contribution is 0.199. The summed E-state index contributed by atoms with van der Waals surface area (Å²) >= 11 is 1.53. The quantitative estimate of drug-likeness (QED) is 0.757. The Hall–Kier alpha value is -3.24. The van der Waals surface area contributed by atoms with Crippen LogP contribution in [0.4, 0.5) is 0 Å². The summed E-state index contributed by atoms with van der Waals surface area (Å²) in [5.41, 5.74) is 1.42. The van der Waals surface area contributed by atoms with Crippen LogP contribution in [-0.2, 0) is 6.54 Å². The maximum Gasteiger partial charge on any atom is 0.190 e. The van der Waals surface area contributed by atoms with Crippen LogP contribution in [0.3, 0.4) is 0 Å². The van der Waals surface area contributed by atoms with Gasteiger partial charge in [0.05, 0.1) is 23.9 Å². The van der Waals surface area contributed by atoms with E-state index in [9.17, 15) is 15.8 Å². The molecule has 1 saturated carbocycles. The fourth-order valence-corrected chi connectivity index (χ4v) is 5.97. The number of nitriles is 3. The highest BCUT2D eigenvalue weighted by molar-refractivity contribution is 7.10. The molecule has 148 valence electrons. The maximum atomic E-state index is 10.1. The first-order chi connectivity index (χ1) is 14.6. The second-order valence-electron chi connectivity index (χ2n) is 7.94. The van der Waals surface area contributed by atoms with Gasteiger partial charge in [-0.15, -0.1) is 11.3 Å². The predicted molar refractivity (Wildman–Crippen MR) is 116 cm³/mol. The second kappa shape index (κ2) is 7.88. The zero-order chi connectivity index (χ0) is 21.3. The van der Waals surface area contributed by atoms with Crippen LogP contribution in [0.2, 0.25) is 0 Å². The van der Waals surface area contributed by atoms with Gasteiger partial charge in [0.15, 0.2) is 5.41 Å². The molecule has 2 aromatic rings. The van der Waals surface area contributed by atoms with Gasteiger partial charge in [0, 0.05) is 36.3 Å². The zero-order valence-electron chi connectivity index (χ0n) is 16.7. The fourth-order valence-electron chi connectivity index (χ4n) is 4.81. The lowest BCUT2D eigenvalue weighted by Crippen LogP contribution is -2.52. The van der Waals surface area contributed by atoms with Crippen molar-refractivity contribution in [2.75, 3.05) is 13.1 Å². The molecule has 1 aromatic carbocycles. The van der Waals surface area contributed by atoms with E-state index in [2.05, 4.69) is 35.2 Å². The summed E-state index contributed by atoms with van der Waals surface area (Å²) in [7, 11) is 0. The lowest BCUT2D eigenvalue weighted by Gasteiger charge is -2.47. The number of rotatable bonds is 3. The molecule has 6 heteroatoms. The number of hydrogen-bond donors (Lipinski definition) is 1. The van der Waals surface area contributed by atoms with Gasteiger partial charge in [-0.1, -0.05) is 36.4 Å². The molecule has 30 heavy (non-hydrogen) atoms. The third-order valence-corrected chi connectivity index (χ3v) is 7.40. The molecule has 0 amide bonds. The molecule has 4 rings (SSSR count). The highest BCUT2D eigenvalue weighted by Gasteiger charge is 2.58. The molecule has 1 aliphatic carbocycles. The van der Waals surface area contributed by atoms with Crippen molar-refractivity contribution < 1.29 is 0 Å². The number of nitrogens with zero attached hydrogens (tertiary/aromatic N) is 4. The van der Waals surface area contributed by atoms with Crippen molar-refractivity contribution in [3.8, 4) is 18.2 Å². The first-order valence-corrected chi connectivity index (χ1v) is 10.7. The monoisotopic (exact) mass is 411 g/mol. The van der Waals surface area contributed by atoms with Gasteiger partial charge in [0.1, 0.15) is 5.92 Å². The molecule has 5 nitrogen and oxygen atoms in total. The number of nitrogens with one attached hydrogen (secondary N) is 1. The largest absolute Gasteiger partial charge is 0.305 e. The fraction of sp³-hybridized carbons (Fsp3) is 0.333. The minimum atomic E-state index is -1.63.